The second kappa shape index (κ2) is 4.88. The van der Waals surface area contributed by atoms with Crippen molar-refractivity contribution in [2.75, 3.05) is 14.2 Å². The molecule has 0 atom stereocenters. The second-order valence-electron chi connectivity index (χ2n) is 4.81. The standard InChI is InChI=1S/C14H18O4/c1-17-11-5-4-10(8-12(11)18-2)9-14(13(15)16)6-3-7-14/h4-5,8H,3,6-7,9H2,1-2H3,(H,15,16). The van der Waals surface area contributed by atoms with Crippen LogP contribution in [0.2, 0.25) is 0 Å². The molecule has 1 aromatic carbocycles. The third-order valence-corrected chi connectivity index (χ3v) is 3.75. The summed E-state index contributed by atoms with van der Waals surface area (Å²) in [6.07, 6.45) is 3.08. The van der Waals surface area contributed by atoms with Crippen LogP contribution in [0.1, 0.15) is 24.8 Å². The van der Waals surface area contributed by atoms with Gasteiger partial charge in [0.2, 0.25) is 0 Å². The largest absolute Gasteiger partial charge is 0.493 e. The van der Waals surface area contributed by atoms with E-state index in [1.165, 1.54) is 0 Å². The van der Waals surface area contributed by atoms with Crippen LogP contribution in [-0.2, 0) is 11.2 Å². The number of carboxylic acids is 1. The van der Waals surface area contributed by atoms with Crippen LogP contribution in [-0.4, -0.2) is 25.3 Å². The summed E-state index contributed by atoms with van der Waals surface area (Å²) in [5.41, 5.74) is 0.411. The van der Waals surface area contributed by atoms with Gasteiger partial charge in [0.1, 0.15) is 0 Å². The van der Waals surface area contributed by atoms with E-state index in [9.17, 15) is 9.90 Å². The summed E-state index contributed by atoms with van der Waals surface area (Å²) >= 11 is 0. The van der Waals surface area contributed by atoms with Crippen LogP contribution in [0, 0.1) is 5.41 Å². The van der Waals surface area contributed by atoms with Crippen LogP contribution < -0.4 is 9.47 Å². The fraction of sp³-hybridized carbons (Fsp3) is 0.500. The maximum Gasteiger partial charge on any atom is 0.309 e. The molecule has 0 heterocycles. The van der Waals surface area contributed by atoms with Crippen LogP contribution in [0.15, 0.2) is 18.2 Å². The Labute approximate surface area is 107 Å². The van der Waals surface area contributed by atoms with Gasteiger partial charge in [-0.25, -0.2) is 0 Å². The minimum Gasteiger partial charge on any atom is -0.493 e. The number of hydrogen-bond acceptors (Lipinski definition) is 3. The fourth-order valence-electron chi connectivity index (χ4n) is 2.45. The molecule has 0 spiro atoms. The van der Waals surface area contributed by atoms with Gasteiger partial charge in [0.05, 0.1) is 19.6 Å². The van der Waals surface area contributed by atoms with Crippen LogP contribution in [0.5, 0.6) is 11.5 Å². The third-order valence-electron chi connectivity index (χ3n) is 3.75. The van der Waals surface area contributed by atoms with E-state index < -0.39 is 11.4 Å². The van der Waals surface area contributed by atoms with Crippen molar-refractivity contribution in [3.63, 3.8) is 0 Å². The average molecular weight is 250 g/mol. The highest BCUT2D eigenvalue weighted by Gasteiger charge is 2.44. The first-order valence-electron chi connectivity index (χ1n) is 6.05. The van der Waals surface area contributed by atoms with E-state index in [1.54, 1.807) is 14.2 Å². The zero-order chi connectivity index (χ0) is 13.2. The molecule has 0 bridgehead atoms. The van der Waals surface area contributed by atoms with E-state index in [4.69, 9.17) is 9.47 Å². The number of aliphatic carboxylic acids is 1. The Morgan fingerprint density at radius 2 is 1.94 bits per heavy atom. The van der Waals surface area contributed by atoms with Crippen molar-refractivity contribution in [2.45, 2.75) is 25.7 Å². The summed E-state index contributed by atoms with van der Waals surface area (Å²) in [4.78, 5) is 11.3. The maximum atomic E-state index is 11.3. The Kier molecular flexibility index (Phi) is 3.45. The first kappa shape index (κ1) is 12.7. The van der Waals surface area contributed by atoms with Crippen LogP contribution >= 0.6 is 0 Å². The van der Waals surface area contributed by atoms with Gasteiger partial charge in [-0.2, -0.15) is 0 Å². The molecule has 1 aromatic rings. The van der Waals surface area contributed by atoms with E-state index in [1.807, 2.05) is 18.2 Å². The molecule has 2 rings (SSSR count). The normalized spacial score (nSPS) is 16.8. The van der Waals surface area contributed by atoms with Crippen molar-refractivity contribution in [3.05, 3.63) is 23.8 Å². The van der Waals surface area contributed by atoms with Crippen LogP contribution in [0.3, 0.4) is 0 Å². The maximum absolute atomic E-state index is 11.3. The summed E-state index contributed by atoms with van der Waals surface area (Å²) in [6.45, 7) is 0. The topological polar surface area (TPSA) is 55.8 Å². The highest BCUT2D eigenvalue weighted by molar-refractivity contribution is 5.76. The van der Waals surface area contributed by atoms with Crippen molar-refractivity contribution >= 4 is 5.97 Å². The Bertz CT molecular complexity index is 449. The molecule has 1 N–H and O–H groups in total. The van der Waals surface area contributed by atoms with Crippen molar-refractivity contribution in [3.8, 4) is 11.5 Å². The summed E-state index contributed by atoms with van der Waals surface area (Å²) < 4.78 is 10.4. The van der Waals surface area contributed by atoms with E-state index in [0.29, 0.717) is 17.9 Å². The number of rotatable bonds is 5. The Hall–Kier alpha value is -1.71. The number of carboxylic acid groups (broad SMARTS) is 1. The number of hydrogen-bond donors (Lipinski definition) is 1. The van der Waals surface area contributed by atoms with Gasteiger partial charge in [0.25, 0.3) is 0 Å². The molecular weight excluding hydrogens is 232 g/mol. The highest BCUT2D eigenvalue weighted by atomic mass is 16.5. The number of ether oxygens (including phenoxy) is 2. The van der Waals surface area contributed by atoms with Crippen LogP contribution in [0.4, 0.5) is 0 Å². The predicted octanol–water partition coefficient (Wildman–Crippen LogP) is 2.50. The first-order chi connectivity index (χ1) is 8.61. The van der Waals surface area contributed by atoms with Gasteiger partial charge in [-0.3, -0.25) is 4.79 Å². The van der Waals surface area contributed by atoms with Gasteiger partial charge in [-0.05, 0) is 37.0 Å². The lowest BCUT2D eigenvalue weighted by Crippen LogP contribution is -2.39. The summed E-state index contributed by atoms with van der Waals surface area (Å²) in [6, 6.07) is 5.59. The molecule has 1 fully saturated rings. The van der Waals surface area contributed by atoms with Gasteiger partial charge < -0.3 is 14.6 Å². The lowest BCUT2D eigenvalue weighted by Gasteiger charge is -2.37. The summed E-state index contributed by atoms with van der Waals surface area (Å²) in [5.74, 6) is 0.623. The van der Waals surface area contributed by atoms with Gasteiger partial charge in [0, 0.05) is 0 Å². The van der Waals surface area contributed by atoms with Gasteiger partial charge in [-0.15, -0.1) is 0 Å². The molecule has 0 unspecified atom stereocenters. The fourth-order valence-corrected chi connectivity index (χ4v) is 2.45. The molecule has 0 aromatic heterocycles. The lowest BCUT2D eigenvalue weighted by molar-refractivity contribution is -0.154. The van der Waals surface area contributed by atoms with E-state index in [-0.39, 0.29) is 0 Å². The smallest absolute Gasteiger partial charge is 0.309 e. The van der Waals surface area contributed by atoms with E-state index in [2.05, 4.69) is 0 Å². The van der Waals surface area contributed by atoms with Gasteiger partial charge in [0.15, 0.2) is 11.5 Å². The molecule has 1 aliphatic carbocycles. The molecule has 0 saturated heterocycles. The minimum atomic E-state index is -0.691. The Morgan fingerprint density at radius 1 is 1.28 bits per heavy atom. The molecule has 1 aliphatic rings. The summed E-state index contributed by atoms with van der Waals surface area (Å²) in [7, 11) is 3.17. The van der Waals surface area contributed by atoms with Gasteiger partial charge >= 0.3 is 5.97 Å². The second-order valence-corrected chi connectivity index (χ2v) is 4.81. The average Bonchev–Trinajstić information content (AvgIpc) is 2.33. The Balaban J connectivity index is 2.21. The number of benzene rings is 1. The van der Waals surface area contributed by atoms with Crippen molar-refractivity contribution in [1.82, 2.24) is 0 Å². The molecule has 0 radical (unpaired) electrons. The van der Waals surface area contributed by atoms with Crippen molar-refractivity contribution in [1.29, 1.82) is 0 Å². The molecule has 0 aliphatic heterocycles. The quantitative estimate of drug-likeness (QED) is 0.872. The molecule has 1 saturated carbocycles. The molecule has 0 amide bonds. The molecule has 4 heteroatoms. The molecule has 4 nitrogen and oxygen atoms in total. The monoisotopic (exact) mass is 250 g/mol. The first-order valence-corrected chi connectivity index (χ1v) is 6.05. The predicted molar refractivity (Wildman–Crippen MR) is 67.2 cm³/mol. The number of methoxy groups -OCH3 is 2. The third kappa shape index (κ3) is 2.15. The minimum absolute atomic E-state index is 0.558. The highest BCUT2D eigenvalue weighted by Crippen LogP contribution is 2.44. The van der Waals surface area contributed by atoms with Crippen LogP contribution in [0.25, 0.3) is 0 Å². The van der Waals surface area contributed by atoms with E-state index >= 15 is 0 Å². The zero-order valence-corrected chi connectivity index (χ0v) is 10.7. The summed E-state index contributed by atoms with van der Waals surface area (Å²) in [5, 5.41) is 9.32. The zero-order valence-electron chi connectivity index (χ0n) is 10.7. The van der Waals surface area contributed by atoms with Crippen molar-refractivity contribution in [2.24, 2.45) is 5.41 Å². The van der Waals surface area contributed by atoms with E-state index in [0.717, 1.165) is 24.8 Å². The number of carbonyl (C=O) groups is 1. The van der Waals surface area contributed by atoms with Crippen molar-refractivity contribution < 1.29 is 19.4 Å². The molecular formula is C14H18O4. The lowest BCUT2D eigenvalue weighted by atomic mass is 9.65. The Morgan fingerprint density at radius 3 is 2.39 bits per heavy atom. The SMILES string of the molecule is COc1ccc(CC2(C(=O)O)CCC2)cc1OC. The van der Waals surface area contributed by atoms with Gasteiger partial charge in [-0.1, -0.05) is 12.5 Å². The molecule has 18 heavy (non-hydrogen) atoms. The molecule has 98 valence electrons.